The van der Waals surface area contributed by atoms with Gasteiger partial charge in [0.05, 0.1) is 15.8 Å². The second-order valence-corrected chi connectivity index (χ2v) is 7.34. The third kappa shape index (κ3) is 4.83. The van der Waals surface area contributed by atoms with E-state index in [0.29, 0.717) is 30.9 Å². The van der Waals surface area contributed by atoms with E-state index in [4.69, 9.17) is 11.6 Å². The molecule has 0 radical (unpaired) electrons. The molecule has 0 saturated heterocycles. The van der Waals surface area contributed by atoms with Crippen molar-refractivity contribution in [1.29, 1.82) is 0 Å². The minimum Gasteiger partial charge on any atom is -0.351 e. The van der Waals surface area contributed by atoms with E-state index >= 15 is 0 Å². The van der Waals surface area contributed by atoms with Gasteiger partial charge in [0, 0.05) is 24.4 Å². The van der Waals surface area contributed by atoms with Crippen molar-refractivity contribution in [2.45, 2.75) is 19.9 Å². The van der Waals surface area contributed by atoms with Gasteiger partial charge in [-0.05, 0) is 30.5 Å². The summed E-state index contributed by atoms with van der Waals surface area (Å²) in [7, 11) is 0. The van der Waals surface area contributed by atoms with Crippen LogP contribution in [0.3, 0.4) is 0 Å². The molecule has 2 aromatic rings. The molecule has 0 bridgehead atoms. The van der Waals surface area contributed by atoms with Crippen LogP contribution < -0.4 is 5.32 Å². The lowest BCUT2D eigenvalue weighted by atomic mass is 10.3. The summed E-state index contributed by atoms with van der Waals surface area (Å²) in [6, 6.07) is 7.36. The summed E-state index contributed by atoms with van der Waals surface area (Å²) in [6.45, 7) is 3.48. The van der Waals surface area contributed by atoms with Gasteiger partial charge in [-0.3, -0.25) is 9.59 Å². The number of nitrogens with one attached hydrogen (secondary N) is 1. The van der Waals surface area contributed by atoms with Gasteiger partial charge in [0.1, 0.15) is 0 Å². The molecule has 0 aliphatic rings. The molecule has 2 aromatic heterocycles. The largest absolute Gasteiger partial charge is 0.351 e. The number of hydrogen-bond acceptors (Lipinski definition) is 4. The summed E-state index contributed by atoms with van der Waals surface area (Å²) in [4.78, 5) is 27.5. The predicted octanol–water partition coefficient (Wildman–Crippen LogP) is 3.63. The van der Waals surface area contributed by atoms with E-state index in [9.17, 15) is 9.59 Å². The first kappa shape index (κ1) is 17.0. The van der Waals surface area contributed by atoms with E-state index in [1.54, 1.807) is 11.0 Å². The Morgan fingerprint density at radius 3 is 2.73 bits per heavy atom. The Morgan fingerprint density at radius 1 is 1.32 bits per heavy atom. The third-order valence-corrected chi connectivity index (χ3v) is 5.16. The fourth-order valence-electron chi connectivity index (χ4n) is 1.94. The van der Waals surface area contributed by atoms with Gasteiger partial charge in [-0.25, -0.2) is 0 Å². The first-order chi connectivity index (χ1) is 10.6. The molecule has 1 N–H and O–H groups in total. The van der Waals surface area contributed by atoms with Crippen LogP contribution in [0.15, 0.2) is 29.6 Å². The number of amides is 2. The van der Waals surface area contributed by atoms with Crippen molar-refractivity contribution in [2.24, 2.45) is 0 Å². The highest BCUT2D eigenvalue weighted by molar-refractivity contribution is 7.16. The zero-order valence-electron chi connectivity index (χ0n) is 12.2. The number of rotatable bonds is 7. The minimum atomic E-state index is -0.129. The van der Waals surface area contributed by atoms with Gasteiger partial charge in [-0.1, -0.05) is 17.7 Å². The predicted molar refractivity (Wildman–Crippen MR) is 91.7 cm³/mol. The van der Waals surface area contributed by atoms with Crippen LogP contribution in [0.2, 0.25) is 4.34 Å². The van der Waals surface area contributed by atoms with Gasteiger partial charge in [0.25, 0.3) is 5.91 Å². The van der Waals surface area contributed by atoms with Crippen molar-refractivity contribution in [1.82, 2.24) is 10.2 Å². The van der Waals surface area contributed by atoms with Crippen molar-refractivity contribution >= 4 is 46.1 Å². The average Bonchev–Trinajstić information content (AvgIpc) is 3.16. The van der Waals surface area contributed by atoms with E-state index in [-0.39, 0.29) is 11.8 Å². The average molecular weight is 357 g/mol. The number of carbonyl (C=O) groups excluding carboxylic acids is 2. The molecule has 0 saturated carbocycles. The summed E-state index contributed by atoms with van der Waals surface area (Å²) >= 11 is 8.77. The molecule has 0 aromatic carbocycles. The maximum absolute atomic E-state index is 12.2. The Hall–Kier alpha value is -1.37. The molecule has 22 heavy (non-hydrogen) atoms. The molecular weight excluding hydrogens is 340 g/mol. The number of hydrogen-bond donors (Lipinski definition) is 1. The molecule has 7 heteroatoms. The van der Waals surface area contributed by atoms with Crippen LogP contribution in [0.5, 0.6) is 0 Å². The molecule has 0 fully saturated rings. The molecule has 2 heterocycles. The number of carbonyl (C=O) groups is 2. The van der Waals surface area contributed by atoms with Crippen LogP contribution in [0, 0.1) is 0 Å². The fourth-order valence-corrected chi connectivity index (χ4v) is 3.68. The van der Waals surface area contributed by atoms with Crippen molar-refractivity contribution in [2.75, 3.05) is 13.1 Å². The van der Waals surface area contributed by atoms with Crippen LogP contribution in [0.4, 0.5) is 0 Å². The first-order valence-corrected chi connectivity index (χ1v) is 9.01. The summed E-state index contributed by atoms with van der Waals surface area (Å²) in [6.07, 6.45) is 0.296. The number of halogens is 1. The van der Waals surface area contributed by atoms with Crippen LogP contribution in [-0.4, -0.2) is 29.8 Å². The summed E-state index contributed by atoms with van der Waals surface area (Å²) in [5, 5.41) is 4.62. The maximum atomic E-state index is 12.2. The standard InChI is InChI=1S/C15H17ClN2O2S2/c1-2-18(10-11-5-6-13(16)22-11)14(19)7-8-17-15(20)12-4-3-9-21-12/h3-6,9H,2,7-8,10H2,1H3,(H,17,20). The van der Waals surface area contributed by atoms with Gasteiger partial charge < -0.3 is 10.2 Å². The fraction of sp³-hybridized carbons (Fsp3) is 0.333. The highest BCUT2D eigenvalue weighted by atomic mass is 35.5. The highest BCUT2D eigenvalue weighted by Gasteiger charge is 2.14. The number of thiophene rings is 2. The second kappa shape index (κ2) is 8.31. The summed E-state index contributed by atoms with van der Waals surface area (Å²) in [5.41, 5.74) is 0. The SMILES string of the molecule is CCN(Cc1ccc(Cl)s1)C(=O)CCNC(=O)c1cccs1. The van der Waals surface area contributed by atoms with Crippen LogP contribution >= 0.6 is 34.3 Å². The Kier molecular flexibility index (Phi) is 6.42. The molecule has 0 aliphatic heterocycles. The third-order valence-electron chi connectivity index (χ3n) is 3.08. The molecule has 0 aliphatic carbocycles. The van der Waals surface area contributed by atoms with Gasteiger partial charge in [0.15, 0.2) is 0 Å². The van der Waals surface area contributed by atoms with Crippen LogP contribution in [0.1, 0.15) is 27.9 Å². The van der Waals surface area contributed by atoms with Crippen molar-refractivity contribution < 1.29 is 9.59 Å². The Balaban J connectivity index is 1.78. The van der Waals surface area contributed by atoms with E-state index in [1.165, 1.54) is 22.7 Å². The van der Waals surface area contributed by atoms with Crippen molar-refractivity contribution in [3.63, 3.8) is 0 Å². The topological polar surface area (TPSA) is 49.4 Å². The number of nitrogens with zero attached hydrogens (tertiary/aromatic N) is 1. The van der Waals surface area contributed by atoms with Crippen molar-refractivity contribution in [3.8, 4) is 0 Å². The van der Waals surface area contributed by atoms with Crippen LogP contribution in [0.25, 0.3) is 0 Å². The molecule has 2 amide bonds. The molecule has 0 atom stereocenters. The molecule has 4 nitrogen and oxygen atoms in total. The molecule has 0 unspecified atom stereocenters. The Morgan fingerprint density at radius 2 is 2.14 bits per heavy atom. The first-order valence-electron chi connectivity index (χ1n) is 6.94. The maximum Gasteiger partial charge on any atom is 0.261 e. The lowest BCUT2D eigenvalue weighted by Crippen LogP contribution is -2.33. The Labute approximate surface area is 142 Å². The van der Waals surface area contributed by atoms with Crippen molar-refractivity contribution in [3.05, 3.63) is 43.7 Å². The quantitative estimate of drug-likeness (QED) is 0.823. The van der Waals surface area contributed by atoms with Gasteiger partial charge in [0.2, 0.25) is 5.91 Å². The highest BCUT2D eigenvalue weighted by Crippen LogP contribution is 2.22. The lowest BCUT2D eigenvalue weighted by molar-refractivity contribution is -0.131. The molecule has 0 spiro atoms. The van der Waals surface area contributed by atoms with Gasteiger partial charge in [-0.2, -0.15) is 0 Å². The molecule has 2 rings (SSSR count). The monoisotopic (exact) mass is 356 g/mol. The smallest absolute Gasteiger partial charge is 0.261 e. The molecule has 118 valence electrons. The second-order valence-electron chi connectivity index (χ2n) is 4.60. The zero-order chi connectivity index (χ0) is 15.9. The van der Waals surface area contributed by atoms with E-state index < -0.39 is 0 Å². The van der Waals surface area contributed by atoms with E-state index in [2.05, 4.69) is 5.32 Å². The zero-order valence-corrected chi connectivity index (χ0v) is 14.6. The Bertz CT molecular complexity index is 625. The summed E-state index contributed by atoms with van der Waals surface area (Å²) < 4.78 is 0.724. The van der Waals surface area contributed by atoms with Crippen LogP contribution in [-0.2, 0) is 11.3 Å². The van der Waals surface area contributed by atoms with E-state index in [1.807, 2.05) is 30.5 Å². The normalized spacial score (nSPS) is 10.5. The van der Waals surface area contributed by atoms with E-state index in [0.717, 1.165) is 9.21 Å². The summed E-state index contributed by atoms with van der Waals surface area (Å²) in [5.74, 6) is -0.102. The lowest BCUT2D eigenvalue weighted by Gasteiger charge is -2.20. The van der Waals surface area contributed by atoms with Gasteiger partial charge in [-0.15, -0.1) is 22.7 Å². The molecular formula is C15H17ClN2O2S2. The minimum absolute atomic E-state index is 0.0264. The van der Waals surface area contributed by atoms with Gasteiger partial charge >= 0.3 is 0 Å².